The first-order valence-electron chi connectivity index (χ1n) is 4.79. The molecule has 0 spiro atoms. The van der Waals surface area contributed by atoms with Crippen LogP contribution in [0.4, 0.5) is 0 Å². The van der Waals surface area contributed by atoms with Crippen molar-refractivity contribution in [2.75, 3.05) is 0 Å². The Morgan fingerprint density at radius 2 is 2.19 bits per heavy atom. The monoisotopic (exact) mass is 214 g/mol. The summed E-state index contributed by atoms with van der Waals surface area (Å²) in [6.45, 7) is 1.76. The number of hydrogen-bond donors (Lipinski definition) is 1. The smallest absolute Gasteiger partial charge is 0.336 e. The van der Waals surface area contributed by atoms with E-state index in [4.69, 9.17) is 5.11 Å². The molecule has 80 valence electrons. The summed E-state index contributed by atoms with van der Waals surface area (Å²) in [7, 11) is 0. The second-order valence-corrected chi connectivity index (χ2v) is 3.42. The number of aryl methyl sites for hydroxylation is 1. The van der Waals surface area contributed by atoms with E-state index in [1.165, 1.54) is 0 Å². The number of carboxylic acid groups (broad SMARTS) is 1. The van der Waals surface area contributed by atoms with Crippen LogP contribution in [0.25, 0.3) is 11.1 Å². The second-order valence-electron chi connectivity index (χ2n) is 3.42. The highest BCUT2D eigenvalue weighted by molar-refractivity contribution is 5.95. The van der Waals surface area contributed by atoms with Gasteiger partial charge >= 0.3 is 5.97 Å². The maximum atomic E-state index is 11.1. The summed E-state index contributed by atoms with van der Waals surface area (Å²) >= 11 is 0. The van der Waals surface area contributed by atoms with Crippen LogP contribution in [0.15, 0.2) is 36.8 Å². The van der Waals surface area contributed by atoms with Gasteiger partial charge in [-0.3, -0.25) is 9.97 Å². The molecule has 2 rings (SSSR count). The van der Waals surface area contributed by atoms with Gasteiger partial charge in [-0.1, -0.05) is 6.07 Å². The van der Waals surface area contributed by atoms with Crippen molar-refractivity contribution in [3.63, 3.8) is 0 Å². The van der Waals surface area contributed by atoms with Gasteiger partial charge in [-0.2, -0.15) is 0 Å². The Hall–Kier alpha value is -2.23. The third kappa shape index (κ3) is 1.91. The van der Waals surface area contributed by atoms with E-state index in [2.05, 4.69) is 9.97 Å². The van der Waals surface area contributed by atoms with Crippen LogP contribution in [-0.2, 0) is 0 Å². The van der Waals surface area contributed by atoms with E-state index in [0.717, 1.165) is 5.56 Å². The largest absolute Gasteiger partial charge is 0.478 e. The molecule has 1 N–H and O–H groups in total. The molecule has 0 saturated carbocycles. The molecule has 0 unspecified atom stereocenters. The van der Waals surface area contributed by atoms with Crippen LogP contribution in [0.2, 0.25) is 0 Å². The lowest BCUT2D eigenvalue weighted by atomic mass is 10.0. The number of rotatable bonds is 2. The minimum atomic E-state index is -0.954. The first-order valence-corrected chi connectivity index (χ1v) is 4.79. The number of aromatic carboxylic acids is 1. The lowest BCUT2D eigenvalue weighted by Gasteiger charge is -2.05. The van der Waals surface area contributed by atoms with Crippen molar-refractivity contribution in [2.45, 2.75) is 6.92 Å². The molecule has 2 aromatic heterocycles. The molecule has 2 aromatic rings. The SMILES string of the molecule is Cc1cc(C(=O)O)c(-c2cccnc2)cn1. The van der Waals surface area contributed by atoms with E-state index < -0.39 is 5.97 Å². The summed E-state index contributed by atoms with van der Waals surface area (Å²) in [6, 6.07) is 5.14. The van der Waals surface area contributed by atoms with Crippen LogP contribution < -0.4 is 0 Å². The van der Waals surface area contributed by atoms with Gasteiger partial charge in [0.25, 0.3) is 0 Å². The van der Waals surface area contributed by atoms with Crippen molar-refractivity contribution in [1.82, 2.24) is 9.97 Å². The molecular weight excluding hydrogens is 204 g/mol. The minimum absolute atomic E-state index is 0.250. The van der Waals surface area contributed by atoms with Gasteiger partial charge in [0.1, 0.15) is 0 Å². The Kier molecular flexibility index (Phi) is 2.64. The molecule has 4 heteroatoms. The Morgan fingerprint density at radius 1 is 1.38 bits per heavy atom. The van der Waals surface area contributed by atoms with E-state index in [0.29, 0.717) is 11.3 Å². The van der Waals surface area contributed by atoms with Gasteiger partial charge in [0.2, 0.25) is 0 Å². The van der Waals surface area contributed by atoms with Gasteiger partial charge in [0.15, 0.2) is 0 Å². The molecule has 0 bridgehead atoms. The van der Waals surface area contributed by atoms with Crippen LogP contribution in [0, 0.1) is 6.92 Å². The van der Waals surface area contributed by atoms with Gasteiger partial charge in [0, 0.05) is 35.4 Å². The first kappa shape index (κ1) is 10.3. The summed E-state index contributed by atoms with van der Waals surface area (Å²) in [5, 5.41) is 9.10. The zero-order valence-corrected chi connectivity index (χ0v) is 8.71. The molecule has 0 aliphatic heterocycles. The van der Waals surface area contributed by atoms with Crippen LogP contribution >= 0.6 is 0 Å². The standard InChI is InChI=1S/C12H10N2O2/c1-8-5-10(12(15)16)11(7-14-8)9-3-2-4-13-6-9/h2-7H,1H3,(H,15,16). The molecule has 2 heterocycles. The summed E-state index contributed by atoms with van der Waals surface area (Å²) in [4.78, 5) is 19.2. The summed E-state index contributed by atoms with van der Waals surface area (Å²) in [5.74, 6) is -0.954. The molecule has 0 atom stereocenters. The fraction of sp³-hybridized carbons (Fsp3) is 0.0833. The maximum absolute atomic E-state index is 11.1. The van der Waals surface area contributed by atoms with Crippen molar-refractivity contribution in [3.8, 4) is 11.1 Å². The Bertz CT molecular complexity index is 524. The number of hydrogen-bond acceptors (Lipinski definition) is 3. The third-order valence-corrected chi connectivity index (χ3v) is 2.24. The highest BCUT2D eigenvalue weighted by atomic mass is 16.4. The molecule has 0 aliphatic carbocycles. The van der Waals surface area contributed by atoms with Crippen molar-refractivity contribution < 1.29 is 9.90 Å². The van der Waals surface area contributed by atoms with E-state index in [1.807, 2.05) is 6.07 Å². The molecule has 0 fully saturated rings. The first-order chi connectivity index (χ1) is 7.68. The number of carbonyl (C=O) groups is 1. The number of pyridine rings is 2. The highest BCUT2D eigenvalue weighted by Gasteiger charge is 2.12. The van der Waals surface area contributed by atoms with Crippen molar-refractivity contribution in [3.05, 3.63) is 48.0 Å². The average Bonchev–Trinajstić information content (AvgIpc) is 2.30. The van der Waals surface area contributed by atoms with Gasteiger partial charge in [0.05, 0.1) is 5.56 Å². The second kappa shape index (κ2) is 4.10. The fourth-order valence-electron chi connectivity index (χ4n) is 1.49. The Morgan fingerprint density at radius 3 is 2.81 bits per heavy atom. The highest BCUT2D eigenvalue weighted by Crippen LogP contribution is 2.22. The topological polar surface area (TPSA) is 63.1 Å². The normalized spacial score (nSPS) is 10.1. The fourth-order valence-corrected chi connectivity index (χ4v) is 1.49. The average molecular weight is 214 g/mol. The van der Waals surface area contributed by atoms with Crippen LogP contribution in [0.5, 0.6) is 0 Å². The molecule has 4 nitrogen and oxygen atoms in total. The number of carboxylic acids is 1. The third-order valence-electron chi connectivity index (χ3n) is 2.24. The van der Waals surface area contributed by atoms with E-state index in [1.54, 1.807) is 37.6 Å². The molecule has 16 heavy (non-hydrogen) atoms. The van der Waals surface area contributed by atoms with Crippen molar-refractivity contribution >= 4 is 5.97 Å². The maximum Gasteiger partial charge on any atom is 0.336 e. The van der Waals surface area contributed by atoms with Crippen LogP contribution in [0.3, 0.4) is 0 Å². The Labute approximate surface area is 92.6 Å². The van der Waals surface area contributed by atoms with E-state index in [9.17, 15) is 4.79 Å². The summed E-state index contributed by atoms with van der Waals surface area (Å²) in [6.07, 6.45) is 4.83. The molecule has 0 radical (unpaired) electrons. The van der Waals surface area contributed by atoms with Crippen molar-refractivity contribution in [2.24, 2.45) is 0 Å². The van der Waals surface area contributed by atoms with E-state index >= 15 is 0 Å². The number of aromatic nitrogens is 2. The van der Waals surface area contributed by atoms with Crippen LogP contribution in [0.1, 0.15) is 16.1 Å². The lowest BCUT2D eigenvalue weighted by Crippen LogP contribution is -2.01. The molecule has 0 saturated heterocycles. The zero-order chi connectivity index (χ0) is 11.5. The molecule has 0 aliphatic rings. The van der Waals surface area contributed by atoms with Gasteiger partial charge in [-0.05, 0) is 19.1 Å². The predicted octanol–water partition coefficient (Wildman–Crippen LogP) is 2.15. The molecule has 0 aromatic carbocycles. The Balaban J connectivity index is 2.61. The van der Waals surface area contributed by atoms with Crippen LogP contribution in [-0.4, -0.2) is 21.0 Å². The van der Waals surface area contributed by atoms with Gasteiger partial charge in [-0.25, -0.2) is 4.79 Å². The quantitative estimate of drug-likeness (QED) is 0.831. The minimum Gasteiger partial charge on any atom is -0.478 e. The summed E-state index contributed by atoms with van der Waals surface area (Å²) in [5.41, 5.74) is 2.28. The van der Waals surface area contributed by atoms with Crippen molar-refractivity contribution in [1.29, 1.82) is 0 Å². The lowest BCUT2D eigenvalue weighted by molar-refractivity contribution is 0.0697. The predicted molar refractivity (Wildman–Crippen MR) is 59.2 cm³/mol. The van der Waals surface area contributed by atoms with E-state index in [-0.39, 0.29) is 5.56 Å². The zero-order valence-electron chi connectivity index (χ0n) is 8.71. The number of nitrogens with zero attached hydrogens (tertiary/aromatic N) is 2. The molecular formula is C12H10N2O2. The molecule has 0 amide bonds. The summed E-state index contributed by atoms with van der Waals surface area (Å²) < 4.78 is 0. The van der Waals surface area contributed by atoms with Gasteiger partial charge in [-0.15, -0.1) is 0 Å². The van der Waals surface area contributed by atoms with Gasteiger partial charge < -0.3 is 5.11 Å².